The fraction of sp³-hybridized carbons (Fsp3) is 0.353. The Balaban J connectivity index is 1.83. The average Bonchev–Trinajstić information content (AvgIpc) is 2.92. The van der Waals surface area contributed by atoms with Crippen molar-refractivity contribution in [3.63, 3.8) is 0 Å². The van der Waals surface area contributed by atoms with Crippen molar-refractivity contribution in [1.29, 1.82) is 0 Å². The van der Waals surface area contributed by atoms with Gasteiger partial charge in [-0.1, -0.05) is 36.4 Å². The maximum absolute atomic E-state index is 9.64. The van der Waals surface area contributed by atoms with Crippen molar-refractivity contribution in [2.45, 2.75) is 19.0 Å². The maximum atomic E-state index is 9.64. The number of aromatic nitrogens is 1. The molecule has 1 fully saturated rings. The van der Waals surface area contributed by atoms with Crippen molar-refractivity contribution >= 4 is 0 Å². The summed E-state index contributed by atoms with van der Waals surface area (Å²) >= 11 is 0. The van der Waals surface area contributed by atoms with Crippen LogP contribution in [0.3, 0.4) is 0 Å². The molecule has 0 spiro atoms. The SMILES string of the molecule is OC[C@@H]1CCN(Cc2ccccn2)[C@@H]1c1ccccc1. The average molecular weight is 268 g/mol. The molecule has 2 heterocycles. The highest BCUT2D eigenvalue weighted by atomic mass is 16.3. The van der Waals surface area contributed by atoms with Gasteiger partial charge in [0, 0.05) is 31.3 Å². The van der Waals surface area contributed by atoms with Gasteiger partial charge in [-0.15, -0.1) is 0 Å². The third-order valence-electron chi connectivity index (χ3n) is 4.09. The predicted octanol–water partition coefficient (Wildman–Crippen LogP) is 2.64. The summed E-state index contributed by atoms with van der Waals surface area (Å²) in [5, 5.41) is 9.64. The van der Waals surface area contributed by atoms with Gasteiger partial charge in [0.2, 0.25) is 0 Å². The van der Waals surface area contributed by atoms with E-state index in [4.69, 9.17) is 0 Å². The molecule has 0 unspecified atom stereocenters. The molecule has 1 saturated heterocycles. The fourth-order valence-corrected chi connectivity index (χ4v) is 3.13. The van der Waals surface area contributed by atoms with Crippen LogP contribution in [0.4, 0.5) is 0 Å². The largest absolute Gasteiger partial charge is 0.396 e. The number of rotatable bonds is 4. The van der Waals surface area contributed by atoms with Gasteiger partial charge in [0.1, 0.15) is 0 Å². The number of likely N-dealkylation sites (tertiary alicyclic amines) is 1. The van der Waals surface area contributed by atoms with Gasteiger partial charge in [0.05, 0.1) is 5.69 Å². The molecule has 2 aromatic rings. The van der Waals surface area contributed by atoms with E-state index in [1.54, 1.807) is 0 Å². The van der Waals surface area contributed by atoms with E-state index in [1.165, 1.54) is 5.56 Å². The third-order valence-corrected chi connectivity index (χ3v) is 4.09. The molecular formula is C17H20N2O. The highest BCUT2D eigenvalue weighted by molar-refractivity contribution is 5.21. The second-order valence-electron chi connectivity index (χ2n) is 5.38. The number of pyridine rings is 1. The Bertz CT molecular complexity index is 529. The summed E-state index contributed by atoms with van der Waals surface area (Å²) in [7, 11) is 0. The van der Waals surface area contributed by atoms with Crippen LogP contribution in [0.1, 0.15) is 23.7 Å². The van der Waals surface area contributed by atoms with Gasteiger partial charge in [0.15, 0.2) is 0 Å². The number of aliphatic hydroxyl groups is 1. The van der Waals surface area contributed by atoms with Crippen LogP contribution in [0.2, 0.25) is 0 Å². The summed E-state index contributed by atoms with van der Waals surface area (Å²) in [6, 6.07) is 16.8. The zero-order valence-electron chi connectivity index (χ0n) is 11.5. The zero-order chi connectivity index (χ0) is 13.8. The van der Waals surface area contributed by atoms with Crippen molar-refractivity contribution in [2.75, 3.05) is 13.2 Å². The predicted molar refractivity (Wildman–Crippen MR) is 79.0 cm³/mol. The van der Waals surface area contributed by atoms with Gasteiger partial charge in [-0.3, -0.25) is 9.88 Å². The molecule has 0 amide bonds. The molecule has 20 heavy (non-hydrogen) atoms. The quantitative estimate of drug-likeness (QED) is 0.926. The van der Waals surface area contributed by atoms with Crippen LogP contribution in [0, 0.1) is 5.92 Å². The maximum Gasteiger partial charge on any atom is 0.0544 e. The van der Waals surface area contributed by atoms with E-state index in [9.17, 15) is 5.11 Å². The summed E-state index contributed by atoms with van der Waals surface area (Å²) in [5.41, 5.74) is 2.38. The van der Waals surface area contributed by atoms with E-state index in [2.05, 4.69) is 40.2 Å². The molecule has 1 aliphatic rings. The molecule has 0 bridgehead atoms. The Labute approximate surface area is 119 Å². The second-order valence-corrected chi connectivity index (χ2v) is 5.38. The number of hydrogen-bond donors (Lipinski definition) is 1. The molecule has 1 N–H and O–H groups in total. The normalized spacial score (nSPS) is 23.1. The zero-order valence-corrected chi connectivity index (χ0v) is 11.5. The monoisotopic (exact) mass is 268 g/mol. The van der Waals surface area contributed by atoms with Crippen molar-refractivity contribution in [3.8, 4) is 0 Å². The van der Waals surface area contributed by atoms with E-state index >= 15 is 0 Å². The number of benzene rings is 1. The first-order valence-corrected chi connectivity index (χ1v) is 7.18. The van der Waals surface area contributed by atoms with E-state index < -0.39 is 0 Å². The summed E-state index contributed by atoms with van der Waals surface area (Å²) in [5.74, 6) is 0.320. The first kappa shape index (κ1) is 13.3. The second kappa shape index (κ2) is 6.16. The van der Waals surface area contributed by atoms with E-state index in [0.717, 1.165) is 25.2 Å². The molecule has 2 atom stereocenters. The lowest BCUT2D eigenvalue weighted by Crippen LogP contribution is -2.26. The van der Waals surface area contributed by atoms with E-state index in [-0.39, 0.29) is 6.61 Å². The Hall–Kier alpha value is -1.71. The Morgan fingerprint density at radius 1 is 1.10 bits per heavy atom. The van der Waals surface area contributed by atoms with Gasteiger partial charge < -0.3 is 5.11 Å². The first-order valence-electron chi connectivity index (χ1n) is 7.18. The Morgan fingerprint density at radius 3 is 2.60 bits per heavy atom. The minimum Gasteiger partial charge on any atom is -0.396 e. The molecule has 3 nitrogen and oxygen atoms in total. The minimum absolute atomic E-state index is 0.248. The highest BCUT2D eigenvalue weighted by Crippen LogP contribution is 2.37. The lowest BCUT2D eigenvalue weighted by molar-refractivity contribution is 0.161. The Kier molecular flexibility index (Phi) is 4.09. The van der Waals surface area contributed by atoms with Gasteiger partial charge in [-0.05, 0) is 30.7 Å². The molecule has 1 aliphatic heterocycles. The number of hydrogen-bond acceptors (Lipinski definition) is 3. The molecule has 3 heteroatoms. The van der Waals surface area contributed by atoms with Gasteiger partial charge in [-0.2, -0.15) is 0 Å². The van der Waals surface area contributed by atoms with Crippen LogP contribution in [0.5, 0.6) is 0 Å². The molecule has 1 aromatic carbocycles. The van der Waals surface area contributed by atoms with Gasteiger partial charge >= 0.3 is 0 Å². The molecule has 0 aliphatic carbocycles. The first-order chi connectivity index (χ1) is 9.88. The van der Waals surface area contributed by atoms with Gasteiger partial charge in [0.25, 0.3) is 0 Å². The minimum atomic E-state index is 0.248. The lowest BCUT2D eigenvalue weighted by Gasteiger charge is -2.27. The molecule has 3 rings (SSSR count). The van der Waals surface area contributed by atoms with Crippen molar-refractivity contribution in [3.05, 3.63) is 66.0 Å². The molecular weight excluding hydrogens is 248 g/mol. The van der Waals surface area contributed by atoms with Crippen molar-refractivity contribution < 1.29 is 5.11 Å². The summed E-state index contributed by atoms with van der Waals surface area (Å²) < 4.78 is 0. The molecule has 104 valence electrons. The summed E-state index contributed by atoms with van der Waals surface area (Å²) in [4.78, 5) is 6.85. The number of aliphatic hydroxyl groups excluding tert-OH is 1. The standard InChI is InChI=1S/C17H20N2O/c20-13-15-9-11-19(12-16-8-4-5-10-18-16)17(15)14-6-2-1-3-7-14/h1-8,10,15,17,20H,9,11-13H2/t15-,17+/m0/s1. The smallest absolute Gasteiger partial charge is 0.0544 e. The summed E-state index contributed by atoms with van der Waals surface area (Å²) in [6.07, 6.45) is 2.88. The molecule has 1 aromatic heterocycles. The molecule has 0 radical (unpaired) electrons. The van der Waals surface area contributed by atoms with Crippen molar-refractivity contribution in [2.24, 2.45) is 5.92 Å². The van der Waals surface area contributed by atoms with E-state index in [0.29, 0.717) is 12.0 Å². The lowest BCUT2D eigenvalue weighted by atomic mass is 9.94. The van der Waals surface area contributed by atoms with Crippen LogP contribution < -0.4 is 0 Å². The van der Waals surface area contributed by atoms with Gasteiger partial charge in [-0.25, -0.2) is 0 Å². The topological polar surface area (TPSA) is 36.4 Å². The molecule has 0 saturated carbocycles. The Morgan fingerprint density at radius 2 is 1.90 bits per heavy atom. The summed E-state index contributed by atoms with van der Waals surface area (Å²) in [6.45, 7) is 2.11. The number of nitrogens with zero attached hydrogens (tertiary/aromatic N) is 2. The van der Waals surface area contributed by atoms with Crippen LogP contribution in [0.15, 0.2) is 54.7 Å². The van der Waals surface area contributed by atoms with Crippen LogP contribution in [-0.4, -0.2) is 28.1 Å². The highest BCUT2D eigenvalue weighted by Gasteiger charge is 2.34. The third kappa shape index (κ3) is 2.74. The fourth-order valence-electron chi connectivity index (χ4n) is 3.13. The van der Waals surface area contributed by atoms with Crippen LogP contribution in [0.25, 0.3) is 0 Å². The van der Waals surface area contributed by atoms with E-state index in [1.807, 2.05) is 24.4 Å². The van der Waals surface area contributed by atoms with Crippen LogP contribution >= 0.6 is 0 Å². The van der Waals surface area contributed by atoms with Crippen LogP contribution in [-0.2, 0) is 6.54 Å². The van der Waals surface area contributed by atoms with Crippen molar-refractivity contribution in [1.82, 2.24) is 9.88 Å².